The van der Waals surface area contributed by atoms with Crippen LogP contribution in [0.25, 0.3) is 11.1 Å². The van der Waals surface area contributed by atoms with Crippen molar-refractivity contribution in [3.63, 3.8) is 0 Å². The molecular formula is C13H15Cl2N3O. The Balaban J connectivity index is 0.00000110. The lowest BCUT2D eigenvalue weighted by atomic mass is 9.83. The van der Waals surface area contributed by atoms with Gasteiger partial charge in [-0.15, -0.1) is 12.4 Å². The number of aromatic nitrogens is 1. The molecule has 2 aromatic rings. The maximum Gasteiger partial charge on any atom is 0.298 e. The standard InChI is InChI=1S/C13H14ClN3O.ClH/c14-9-1-2-12-10(5-9)16-13(18-12)17-7-8-3-4-15-6-11(8)17;/h1-2,5,8,11,15H,3-4,6-7H2;1H/t8-,11+;/m1./s1. The first-order valence-corrected chi connectivity index (χ1v) is 6.72. The molecule has 3 heterocycles. The van der Waals surface area contributed by atoms with E-state index in [1.165, 1.54) is 6.42 Å². The summed E-state index contributed by atoms with van der Waals surface area (Å²) in [5.41, 5.74) is 1.64. The number of nitrogens with zero attached hydrogens (tertiary/aromatic N) is 2. The zero-order chi connectivity index (χ0) is 12.1. The number of piperidine rings is 1. The first-order valence-electron chi connectivity index (χ1n) is 6.35. The van der Waals surface area contributed by atoms with Crippen LogP contribution in [0, 0.1) is 5.92 Å². The van der Waals surface area contributed by atoms with E-state index < -0.39 is 0 Å². The first-order chi connectivity index (χ1) is 8.81. The molecule has 2 aliphatic heterocycles. The van der Waals surface area contributed by atoms with Gasteiger partial charge in [-0.2, -0.15) is 4.98 Å². The molecule has 102 valence electrons. The van der Waals surface area contributed by atoms with E-state index in [9.17, 15) is 0 Å². The molecular weight excluding hydrogens is 285 g/mol. The number of rotatable bonds is 1. The lowest BCUT2D eigenvalue weighted by molar-refractivity contribution is 0.217. The zero-order valence-corrected chi connectivity index (χ0v) is 11.9. The van der Waals surface area contributed by atoms with Gasteiger partial charge in [0, 0.05) is 18.1 Å². The van der Waals surface area contributed by atoms with Gasteiger partial charge in [-0.3, -0.25) is 0 Å². The van der Waals surface area contributed by atoms with E-state index in [0.717, 1.165) is 42.7 Å². The van der Waals surface area contributed by atoms with Crippen LogP contribution < -0.4 is 10.2 Å². The fraction of sp³-hybridized carbons (Fsp3) is 0.462. The third-order valence-electron chi connectivity index (χ3n) is 4.01. The molecule has 6 heteroatoms. The van der Waals surface area contributed by atoms with Gasteiger partial charge in [0.1, 0.15) is 5.52 Å². The summed E-state index contributed by atoms with van der Waals surface area (Å²) in [7, 11) is 0. The second-order valence-electron chi connectivity index (χ2n) is 5.08. The number of benzene rings is 1. The average Bonchev–Trinajstić information content (AvgIpc) is 2.73. The van der Waals surface area contributed by atoms with Crippen LogP contribution >= 0.6 is 24.0 Å². The van der Waals surface area contributed by atoms with Gasteiger partial charge >= 0.3 is 0 Å². The lowest BCUT2D eigenvalue weighted by Crippen LogP contribution is -2.63. The molecule has 4 nitrogen and oxygen atoms in total. The number of halogens is 2. The fourth-order valence-electron chi connectivity index (χ4n) is 2.96. The van der Waals surface area contributed by atoms with E-state index in [1.54, 1.807) is 0 Å². The quantitative estimate of drug-likeness (QED) is 0.879. The molecule has 0 spiro atoms. The molecule has 0 radical (unpaired) electrons. The van der Waals surface area contributed by atoms with Gasteiger partial charge in [-0.25, -0.2) is 0 Å². The minimum Gasteiger partial charge on any atom is -0.423 e. The van der Waals surface area contributed by atoms with Crippen LogP contribution in [-0.4, -0.2) is 30.7 Å². The summed E-state index contributed by atoms with van der Waals surface area (Å²) in [6, 6.07) is 6.84. The highest BCUT2D eigenvalue weighted by molar-refractivity contribution is 6.31. The highest BCUT2D eigenvalue weighted by atomic mass is 35.5. The van der Waals surface area contributed by atoms with Crippen molar-refractivity contribution in [3.05, 3.63) is 23.2 Å². The molecule has 1 aromatic heterocycles. The molecule has 2 fully saturated rings. The van der Waals surface area contributed by atoms with Crippen LogP contribution in [0.5, 0.6) is 0 Å². The van der Waals surface area contributed by atoms with Gasteiger partial charge < -0.3 is 14.6 Å². The molecule has 2 aliphatic rings. The summed E-state index contributed by atoms with van der Waals surface area (Å²) >= 11 is 5.96. The van der Waals surface area contributed by atoms with Crippen molar-refractivity contribution >= 4 is 41.1 Å². The Bertz CT molecular complexity index is 601. The maximum absolute atomic E-state index is 5.96. The third kappa shape index (κ3) is 2.08. The van der Waals surface area contributed by atoms with Crippen molar-refractivity contribution in [1.82, 2.24) is 10.3 Å². The zero-order valence-electron chi connectivity index (χ0n) is 10.3. The molecule has 19 heavy (non-hydrogen) atoms. The summed E-state index contributed by atoms with van der Waals surface area (Å²) in [6.45, 7) is 3.23. The summed E-state index contributed by atoms with van der Waals surface area (Å²) in [5, 5.41) is 4.12. The predicted octanol–water partition coefficient (Wildman–Crippen LogP) is 2.70. The molecule has 0 amide bonds. The molecule has 1 aromatic carbocycles. The fourth-order valence-corrected chi connectivity index (χ4v) is 3.12. The number of hydrogen-bond acceptors (Lipinski definition) is 4. The van der Waals surface area contributed by atoms with Crippen LogP contribution in [-0.2, 0) is 0 Å². The molecule has 4 rings (SSSR count). The normalized spacial score (nSPS) is 25.6. The second-order valence-corrected chi connectivity index (χ2v) is 5.52. The number of nitrogens with one attached hydrogen (secondary N) is 1. The lowest BCUT2D eigenvalue weighted by Gasteiger charge is -2.50. The Morgan fingerprint density at radius 2 is 2.32 bits per heavy atom. The Morgan fingerprint density at radius 3 is 3.16 bits per heavy atom. The van der Waals surface area contributed by atoms with E-state index in [-0.39, 0.29) is 12.4 Å². The van der Waals surface area contributed by atoms with Crippen molar-refractivity contribution in [2.24, 2.45) is 5.92 Å². The highest BCUT2D eigenvalue weighted by Gasteiger charge is 2.42. The number of hydrogen-bond donors (Lipinski definition) is 1. The van der Waals surface area contributed by atoms with Crippen LogP contribution in [0.15, 0.2) is 22.6 Å². The molecule has 1 N–H and O–H groups in total. The maximum atomic E-state index is 5.96. The highest BCUT2D eigenvalue weighted by Crippen LogP contribution is 2.35. The van der Waals surface area contributed by atoms with Crippen molar-refractivity contribution < 1.29 is 4.42 Å². The SMILES string of the molecule is Cl.Clc1ccc2oc(N3C[C@H]4CCNC[C@@H]43)nc2c1. The van der Waals surface area contributed by atoms with Crippen LogP contribution in [0.1, 0.15) is 6.42 Å². The van der Waals surface area contributed by atoms with E-state index in [0.29, 0.717) is 11.1 Å². The van der Waals surface area contributed by atoms with Crippen molar-refractivity contribution in [2.75, 3.05) is 24.5 Å². The van der Waals surface area contributed by atoms with Crippen LogP contribution in [0.3, 0.4) is 0 Å². The molecule has 0 aliphatic carbocycles. The molecule has 2 atom stereocenters. The van der Waals surface area contributed by atoms with Gasteiger partial charge in [-0.1, -0.05) is 11.6 Å². The molecule has 0 bridgehead atoms. The smallest absolute Gasteiger partial charge is 0.298 e. The van der Waals surface area contributed by atoms with E-state index in [4.69, 9.17) is 16.0 Å². The van der Waals surface area contributed by atoms with Gasteiger partial charge in [0.15, 0.2) is 5.58 Å². The largest absolute Gasteiger partial charge is 0.423 e. The second kappa shape index (κ2) is 4.85. The van der Waals surface area contributed by atoms with Gasteiger partial charge in [0.25, 0.3) is 6.01 Å². The Hall–Kier alpha value is -0.970. The summed E-state index contributed by atoms with van der Waals surface area (Å²) < 4.78 is 5.80. The minimum absolute atomic E-state index is 0. The number of fused-ring (bicyclic) bond motifs is 2. The van der Waals surface area contributed by atoms with E-state index >= 15 is 0 Å². The minimum atomic E-state index is 0. The van der Waals surface area contributed by atoms with Gasteiger partial charge in [0.2, 0.25) is 0 Å². The van der Waals surface area contributed by atoms with Crippen molar-refractivity contribution in [2.45, 2.75) is 12.5 Å². The topological polar surface area (TPSA) is 41.3 Å². The van der Waals surface area contributed by atoms with Crippen molar-refractivity contribution in [3.8, 4) is 0 Å². The number of anilines is 1. The Kier molecular flexibility index (Phi) is 3.33. The third-order valence-corrected chi connectivity index (χ3v) is 4.24. The Labute approximate surface area is 122 Å². The average molecular weight is 300 g/mol. The van der Waals surface area contributed by atoms with Crippen LogP contribution in [0.2, 0.25) is 5.02 Å². The summed E-state index contributed by atoms with van der Waals surface area (Å²) in [5.74, 6) is 0.796. The first kappa shape index (κ1) is 13.0. The van der Waals surface area contributed by atoms with E-state index in [2.05, 4.69) is 15.2 Å². The summed E-state index contributed by atoms with van der Waals surface area (Å²) in [4.78, 5) is 6.79. The van der Waals surface area contributed by atoms with Crippen LogP contribution in [0.4, 0.5) is 6.01 Å². The van der Waals surface area contributed by atoms with Gasteiger partial charge in [-0.05, 0) is 37.1 Å². The summed E-state index contributed by atoms with van der Waals surface area (Å²) in [6.07, 6.45) is 1.26. The molecule has 0 saturated carbocycles. The molecule has 2 saturated heterocycles. The van der Waals surface area contributed by atoms with Crippen molar-refractivity contribution in [1.29, 1.82) is 0 Å². The van der Waals surface area contributed by atoms with Gasteiger partial charge in [0.05, 0.1) is 6.04 Å². The Morgan fingerprint density at radius 1 is 1.42 bits per heavy atom. The van der Waals surface area contributed by atoms with E-state index in [1.807, 2.05) is 18.2 Å². The monoisotopic (exact) mass is 299 g/mol. The molecule has 0 unspecified atom stereocenters. The predicted molar refractivity (Wildman–Crippen MR) is 78.4 cm³/mol. The number of oxazole rings is 1.